The molecule has 1 aromatic rings. The molecule has 0 aromatic heterocycles. The van der Waals surface area contributed by atoms with Crippen molar-refractivity contribution in [1.82, 2.24) is 0 Å². The van der Waals surface area contributed by atoms with E-state index in [1.807, 2.05) is 0 Å². The van der Waals surface area contributed by atoms with E-state index < -0.39 is 5.78 Å². The number of carbonyl (C=O) groups is 1. The molecule has 0 radical (unpaired) electrons. The summed E-state index contributed by atoms with van der Waals surface area (Å²) >= 11 is 0. The SMILES string of the molecule is [2H]c1c(C(=O)CN)ccc(N([2H])[2H])c1[2H]. The second kappa shape index (κ2) is 3.16. The van der Waals surface area contributed by atoms with Gasteiger partial charge in [-0.25, -0.2) is 0 Å². The van der Waals surface area contributed by atoms with Crippen molar-refractivity contribution in [2.75, 3.05) is 12.3 Å². The standard InChI is InChI=1S/C8H10N2O/c9-5-8(11)6-1-3-7(10)4-2-6/h1-4H,5,9-10H2/i1D,3D/hD2. The Morgan fingerprint density at radius 3 is 3.09 bits per heavy atom. The second-order valence-electron chi connectivity index (χ2n) is 2.01. The maximum atomic E-state index is 11.2. The van der Waals surface area contributed by atoms with Crippen molar-refractivity contribution in [1.29, 1.82) is 0 Å². The first-order valence-corrected chi connectivity index (χ1v) is 3.10. The predicted octanol–water partition coefficient (Wildman–Crippen LogP) is 0.410. The highest BCUT2D eigenvalue weighted by Gasteiger charge is 2.00. The Labute approximate surface area is 70.7 Å². The Morgan fingerprint density at radius 1 is 1.64 bits per heavy atom. The Bertz CT molecular complexity index is 394. The molecule has 0 aliphatic rings. The minimum atomic E-state index is -0.429. The number of nitrogens with two attached hydrogens (primary N) is 2. The summed E-state index contributed by atoms with van der Waals surface area (Å²) in [4.78, 5) is 11.2. The lowest BCUT2D eigenvalue weighted by Gasteiger charge is -1.96. The number of benzene rings is 1. The van der Waals surface area contributed by atoms with Crippen LogP contribution in [0.25, 0.3) is 0 Å². The zero-order valence-corrected chi connectivity index (χ0v) is 5.79. The molecule has 0 atom stereocenters. The molecule has 0 saturated heterocycles. The van der Waals surface area contributed by atoms with Crippen LogP contribution in [0, 0.1) is 0 Å². The normalized spacial score (nSPS) is 14.3. The van der Waals surface area contributed by atoms with Crippen molar-refractivity contribution >= 4 is 11.5 Å². The van der Waals surface area contributed by atoms with Crippen molar-refractivity contribution < 1.29 is 10.4 Å². The van der Waals surface area contributed by atoms with Crippen LogP contribution in [0.15, 0.2) is 24.2 Å². The predicted molar refractivity (Wildman–Crippen MR) is 44.2 cm³/mol. The summed E-state index contributed by atoms with van der Waals surface area (Å²) in [7, 11) is 0. The molecule has 0 spiro atoms. The topological polar surface area (TPSA) is 69.1 Å². The van der Waals surface area contributed by atoms with Crippen LogP contribution in [0.1, 0.15) is 13.1 Å². The van der Waals surface area contributed by atoms with E-state index in [0.29, 0.717) is 0 Å². The third kappa shape index (κ3) is 1.78. The van der Waals surface area contributed by atoms with E-state index in [4.69, 9.17) is 11.3 Å². The summed E-state index contributed by atoms with van der Waals surface area (Å²) in [5.41, 5.74) is 5.38. The van der Waals surface area contributed by atoms with E-state index in [-0.39, 0.29) is 35.6 Å². The molecule has 0 unspecified atom stereocenters. The van der Waals surface area contributed by atoms with Gasteiger partial charge in [-0.1, -0.05) is 0 Å². The number of rotatable bonds is 3. The molecule has 0 bridgehead atoms. The summed E-state index contributed by atoms with van der Waals surface area (Å²) in [6.45, 7) is -0.226. The largest absolute Gasteiger partial charge is 0.399 e. The zero-order chi connectivity index (χ0) is 11.6. The molecule has 0 amide bonds. The molecule has 0 fully saturated rings. The molecule has 0 aliphatic carbocycles. The van der Waals surface area contributed by atoms with E-state index in [2.05, 4.69) is 0 Å². The third-order valence-corrected chi connectivity index (χ3v) is 1.22. The van der Waals surface area contributed by atoms with Gasteiger partial charge in [-0.3, -0.25) is 4.79 Å². The monoisotopic (exact) mass is 154 g/mol. The molecule has 1 aromatic carbocycles. The van der Waals surface area contributed by atoms with Crippen LogP contribution >= 0.6 is 0 Å². The Kier molecular flexibility index (Phi) is 1.11. The Hall–Kier alpha value is -1.35. The van der Waals surface area contributed by atoms with Gasteiger partial charge in [0, 0.05) is 11.3 Å². The fraction of sp³-hybridized carbons (Fsp3) is 0.125. The first-order valence-electron chi connectivity index (χ1n) is 4.99. The molecule has 0 saturated carbocycles. The van der Waals surface area contributed by atoms with Crippen LogP contribution in [0.2, 0.25) is 2.82 Å². The molecule has 1 rings (SSSR count). The van der Waals surface area contributed by atoms with Crippen molar-refractivity contribution in [3.63, 3.8) is 0 Å². The molecule has 0 aliphatic heterocycles. The van der Waals surface area contributed by atoms with E-state index in [1.54, 1.807) is 0 Å². The van der Waals surface area contributed by atoms with E-state index in [9.17, 15) is 4.79 Å². The number of nitrogen functional groups attached to an aromatic ring is 1. The first-order chi connectivity index (χ1) is 6.99. The van der Waals surface area contributed by atoms with Gasteiger partial charge in [-0.15, -0.1) is 0 Å². The Morgan fingerprint density at radius 2 is 2.45 bits per heavy atom. The van der Waals surface area contributed by atoms with Crippen molar-refractivity contribution in [3.8, 4) is 0 Å². The molecule has 4 N–H and O–H groups in total. The maximum absolute atomic E-state index is 11.2. The molecule has 3 heteroatoms. The first kappa shape index (κ1) is 3.88. The summed E-state index contributed by atoms with van der Waals surface area (Å²) in [5, 5.41) is 0. The van der Waals surface area contributed by atoms with E-state index >= 15 is 0 Å². The van der Waals surface area contributed by atoms with Crippen molar-refractivity contribution in [2.45, 2.75) is 0 Å². The Balaban J connectivity index is 3.27. The summed E-state index contributed by atoms with van der Waals surface area (Å²) < 4.78 is 28.9. The number of carbonyl (C=O) groups excluding carboxylic acids is 1. The molecule has 3 nitrogen and oxygen atoms in total. The van der Waals surface area contributed by atoms with Crippen molar-refractivity contribution in [2.24, 2.45) is 5.73 Å². The highest BCUT2D eigenvalue weighted by atomic mass is 16.1. The number of ketones is 1. The quantitative estimate of drug-likeness (QED) is 0.489. The lowest BCUT2D eigenvalue weighted by Crippen LogP contribution is -2.13. The number of hydrogen-bond acceptors (Lipinski definition) is 3. The minimum absolute atomic E-state index is 0.0476. The van der Waals surface area contributed by atoms with Crippen LogP contribution in [0.3, 0.4) is 0 Å². The van der Waals surface area contributed by atoms with Gasteiger partial charge in [0.1, 0.15) is 0 Å². The number of hydrogen-bond donors (Lipinski definition) is 2. The highest BCUT2D eigenvalue weighted by molar-refractivity contribution is 5.97. The van der Waals surface area contributed by atoms with Gasteiger partial charge >= 0.3 is 0 Å². The van der Waals surface area contributed by atoms with Gasteiger partial charge in [0.25, 0.3) is 0 Å². The van der Waals surface area contributed by atoms with Gasteiger partial charge in [0.15, 0.2) is 8.61 Å². The van der Waals surface area contributed by atoms with Gasteiger partial charge in [-0.05, 0) is 24.2 Å². The maximum Gasteiger partial charge on any atom is 0.176 e. The lowest BCUT2D eigenvalue weighted by atomic mass is 10.1. The summed E-state index contributed by atoms with van der Waals surface area (Å²) in [6, 6.07) is 1.97. The highest BCUT2D eigenvalue weighted by Crippen LogP contribution is 2.05. The van der Waals surface area contributed by atoms with Crippen molar-refractivity contribution in [3.05, 3.63) is 29.8 Å². The van der Waals surface area contributed by atoms with Crippen LogP contribution in [0.4, 0.5) is 5.69 Å². The average Bonchev–Trinajstić information content (AvgIpc) is 2.20. The summed E-state index contributed by atoms with van der Waals surface area (Å²) in [6.07, 6.45) is 0. The molecule has 58 valence electrons. The molecule has 11 heavy (non-hydrogen) atoms. The molecular formula is C8H10N2O. The second-order valence-corrected chi connectivity index (χ2v) is 2.01. The van der Waals surface area contributed by atoms with Crippen LogP contribution in [-0.4, -0.2) is 12.3 Å². The van der Waals surface area contributed by atoms with Gasteiger partial charge in [-0.2, -0.15) is 0 Å². The molecular weight excluding hydrogens is 140 g/mol. The van der Waals surface area contributed by atoms with E-state index in [0.717, 1.165) is 0 Å². The summed E-state index contributed by atoms with van der Waals surface area (Å²) in [5.74, 6) is -0.429. The average molecular weight is 154 g/mol. The van der Waals surface area contributed by atoms with Gasteiger partial charge < -0.3 is 11.5 Å². The zero-order valence-electron chi connectivity index (χ0n) is 9.79. The fourth-order valence-electron chi connectivity index (χ4n) is 0.650. The fourth-order valence-corrected chi connectivity index (χ4v) is 0.650. The van der Waals surface area contributed by atoms with Crippen LogP contribution < -0.4 is 11.5 Å². The van der Waals surface area contributed by atoms with Gasteiger partial charge in [0.2, 0.25) is 0 Å². The van der Waals surface area contributed by atoms with Crippen LogP contribution in [0.5, 0.6) is 0 Å². The smallest absolute Gasteiger partial charge is 0.176 e. The number of anilines is 1. The van der Waals surface area contributed by atoms with Crippen LogP contribution in [-0.2, 0) is 0 Å². The minimum Gasteiger partial charge on any atom is -0.399 e. The van der Waals surface area contributed by atoms with Gasteiger partial charge in [0.05, 0.1) is 9.29 Å². The lowest BCUT2D eigenvalue weighted by molar-refractivity contribution is 0.100. The number of Topliss-reactive ketones (excluding diaryl/α,β-unsaturated/α-hetero) is 1. The molecule has 0 heterocycles. The third-order valence-electron chi connectivity index (χ3n) is 1.22. The van der Waals surface area contributed by atoms with E-state index in [1.165, 1.54) is 12.1 Å².